The fraction of sp³-hybridized carbons (Fsp3) is 0.562. The van der Waals surface area contributed by atoms with Gasteiger partial charge >= 0.3 is 0 Å². The molecular weight excluding hydrogens is 254 g/mol. The Kier molecular flexibility index (Phi) is 3.21. The number of likely N-dealkylation sites (tertiary alicyclic amines) is 1. The molecule has 0 bridgehead atoms. The Hall–Kier alpha value is -1.55. The molecule has 1 amide bonds. The van der Waals surface area contributed by atoms with Crippen LogP contribution < -0.4 is 4.74 Å². The smallest absolute Gasteiger partial charge is 0.253 e. The molecule has 1 fully saturated rings. The van der Waals surface area contributed by atoms with Crippen molar-refractivity contribution in [2.45, 2.75) is 38.2 Å². The summed E-state index contributed by atoms with van der Waals surface area (Å²) in [5, 5.41) is 9.70. The van der Waals surface area contributed by atoms with Crippen molar-refractivity contribution in [3.63, 3.8) is 0 Å². The monoisotopic (exact) mass is 275 g/mol. The third-order valence-electron chi connectivity index (χ3n) is 4.23. The van der Waals surface area contributed by atoms with E-state index >= 15 is 0 Å². The number of fused-ring (bicyclic) bond motifs is 1. The van der Waals surface area contributed by atoms with Crippen LogP contribution in [0.1, 0.15) is 42.6 Å². The molecule has 0 radical (unpaired) electrons. The number of piperidine rings is 1. The molecule has 2 aliphatic heterocycles. The van der Waals surface area contributed by atoms with Crippen LogP contribution in [0.2, 0.25) is 0 Å². The summed E-state index contributed by atoms with van der Waals surface area (Å²) in [4.78, 5) is 14.3. The van der Waals surface area contributed by atoms with E-state index in [9.17, 15) is 9.90 Å². The number of aliphatic hydroxyl groups excluding tert-OH is 1. The van der Waals surface area contributed by atoms with Gasteiger partial charge in [0.05, 0.1) is 12.7 Å². The number of amides is 1. The molecule has 4 heteroatoms. The Labute approximate surface area is 119 Å². The molecule has 1 aromatic carbocycles. The van der Waals surface area contributed by atoms with E-state index in [0.29, 0.717) is 18.7 Å². The molecule has 1 N–H and O–H groups in total. The van der Waals surface area contributed by atoms with Gasteiger partial charge in [0.15, 0.2) is 0 Å². The van der Waals surface area contributed by atoms with Crippen LogP contribution in [0, 0.1) is 0 Å². The number of carbonyl (C=O) groups is 1. The number of rotatable bonds is 1. The van der Waals surface area contributed by atoms with Crippen LogP contribution in [0.5, 0.6) is 5.75 Å². The third-order valence-corrected chi connectivity index (χ3v) is 4.23. The molecule has 3 rings (SSSR count). The summed E-state index contributed by atoms with van der Waals surface area (Å²) in [6.45, 7) is 6.07. The average molecular weight is 275 g/mol. The van der Waals surface area contributed by atoms with Crippen LogP contribution in [-0.4, -0.2) is 41.7 Å². The number of benzene rings is 1. The van der Waals surface area contributed by atoms with E-state index in [-0.39, 0.29) is 17.4 Å². The number of nitrogens with zero attached hydrogens (tertiary/aromatic N) is 1. The van der Waals surface area contributed by atoms with Crippen molar-refractivity contribution in [1.29, 1.82) is 0 Å². The number of aliphatic hydroxyl groups is 1. The molecule has 0 saturated carbocycles. The zero-order chi connectivity index (χ0) is 14.3. The molecule has 1 unspecified atom stereocenters. The van der Waals surface area contributed by atoms with Gasteiger partial charge in [-0.25, -0.2) is 0 Å². The lowest BCUT2D eigenvalue weighted by Crippen LogP contribution is -2.42. The SMILES string of the molecule is CC1(C)COc2ccc(C(=O)N3CCCC(O)C3)cc21. The molecule has 2 aliphatic rings. The second kappa shape index (κ2) is 4.77. The topological polar surface area (TPSA) is 49.8 Å². The highest BCUT2D eigenvalue weighted by atomic mass is 16.5. The summed E-state index contributed by atoms with van der Waals surface area (Å²) >= 11 is 0. The van der Waals surface area contributed by atoms with Crippen LogP contribution in [0.25, 0.3) is 0 Å². The number of β-amino-alcohol motifs (C(OH)–C–C–N with tert-alkyl or cyclic N) is 1. The van der Waals surface area contributed by atoms with Crippen LogP contribution in [-0.2, 0) is 5.41 Å². The molecular formula is C16H21NO3. The molecule has 2 heterocycles. The van der Waals surface area contributed by atoms with E-state index in [2.05, 4.69) is 13.8 Å². The van der Waals surface area contributed by atoms with Gasteiger partial charge in [0, 0.05) is 29.6 Å². The van der Waals surface area contributed by atoms with Crippen molar-refractivity contribution >= 4 is 5.91 Å². The van der Waals surface area contributed by atoms with Crippen molar-refractivity contribution in [3.8, 4) is 5.75 Å². The number of ether oxygens (including phenoxy) is 1. The molecule has 0 aliphatic carbocycles. The minimum atomic E-state index is -0.387. The zero-order valence-electron chi connectivity index (χ0n) is 12.1. The lowest BCUT2D eigenvalue weighted by atomic mass is 9.86. The lowest BCUT2D eigenvalue weighted by Gasteiger charge is -2.30. The molecule has 108 valence electrons. The first-order valence-electron chi connectivity index (χ1n) is 7.22. The highest BCUT2D eigenvalue weighted by Gasteiger charge is 2.33. The van der Waals surface area contributed by atoms with Crippen LogP contribution in [0.4, 0.5) is 0 Å². The lowest BCUT2D eigenvalue weighted by molar-refractivity contribution is 0.0473. The van der Waals surface area contributed by atoms with Crippen LogP contribution in [0.3, 0.4) is 0 Å². The van der Waals surface area contributed by atoms with Crippen LogP contribution in [0.15, 0.2) is 18.2 Å². The number of hydrogen-bond acceptors (Lipinski definition) is 3. The van der Waals surface area contributed by atoms with Gasteiger partial charge < -0.3 is 14.7 Å². The van der Waals surface area contributed by atoms with E-state index in [4.69, 9.17) is 4.74 Å². The van der Waals surface area contributed by atoms with Gasteiger partial charge in [0.2, 0.25) is 0 Å². The second-order valence-electron chi connectivity index (χ2n) is 6.43. The van der Waals surface area contributed by atoms with Gasteiger partial charge in [0.1, 0.15) is 5.75 Å². The largest absolute Gasteiger partial charge is 0.492 e. The normalized spacial score (nSPS) is 24.1. The molecule has 1 saturated heterocycles. The first-order chi connectivity index (χ1) is 9.47. The Morgan fingerprint density at radius 3 is 3.00 bits per heavy atom. The van der Waals surface area contributed by atoms with Crippen molar-refractivity contribution in [1.82, 2.24) is 4.90 Å². The van der Waals surface area contributed by atoms with Gasteiger partial charge in [-0.1, -0.05) is 13.8 Å². The number of carbonyl (C=O) groups excluding carboxylic acids is 1. The highest BCUT2D eigenvalue weighted by molar-refractivity contribution is 5.94. The summed E-state index contributed by atoms with van der Waals surface area (Å²) in [7, 11) is 0. The van der Waals surface area contributed by atoms with Crippen molar-refractivity contribution in [3.05, 3.63) is 29.3 Å². The summed E-state index contributed by atoms with van der Waals surface area (Å²) in [6.07, 6.45) is 1.27. The standard InChI is InChI=1S/C16H21NO3/c1-16(2)10-20-14-6-5-11(8-13(14)16)15(19)17-7-3-4-12(18)9-17/h5-6,8,12,18H,3-4,7,9-10H2,1-2H3. The summed E-state index contributed by atoms with van der Waals surface area (Å²) in [6, 6.07) is 5.66. The average Bonchev–Trinajstić information content (AvgIpc) is 2.73. The minimum Gasteiger partial charge on any atom is -0.492 e. The maximum absolute atomic E-state index is 12.5. The predicted molar refractivity (Wildman–Crippen MR) is 76.1 cm³/mol. The van der Waals surface area contributed by atoms with Crippen molar-refractivity contribution in [2.24, 2.45) is 0 Å². The second-order valence-corrected chi connectivity index (χ2v) is 6.43. The van der Waals surface area contributed by atoms with Crippen molar-refractivity contribution in [2.75, 3.05) is 19.7 Å². The summed E-state index contributed by atoms with van der Waals surface area (Å²) in [5.74, 6) is 0.888. The Bertz CT molecular complexity index is 539. The quantitative estimate of drug-likeness (QED) is 0.852. The zero-order valence-corrected chi connectivity index (χ0v) is 12.1. The van der Waals surface area contributed by atoms with Crippen LogP contribution >= 0.6 is 0 Å². The van der Waals surface area contributed by atoms with Crippen molar-refractivity contribution < 1.29 is 14.6 Å². The molecule has 0 aromatic heterocycles. The Balaban J connectivity index is 1.86. The Morgan fingerprint density at radius 1 is 1.45 bits per heavy atom. The molecule has 0 spiro atoms. The predicted octanol–water partition coefficient (Wildman–Crippen LogP) is 1.95. The molecule has 20 heavy (non-hydrogen) atoms. The Morgan fingerprint density at radius 2 is 2.25 bits per heavy atom. The van der Waals surface area contributed by atoms with E-state index in [0.717, 1.165) is 30.7 Å². The van der Waals surface area contributed by atoms with Gasteiger partial charge in [-0.3, -0.25) is 4.79 Å². The number of hydrogen-bond donors (Lipinski definition) is 1. The van der Waals surface area contributed by atoms with E-state index in [1.54, 1.807) is 4.90 Å². The fourth-order valence-corrected chi connectivity index (χ4v) is 2.98. The first-order valence-corrected chi connectivity index (χ1v) is 7.22. The highest BCUT2D eigenvalue weighted by Crippen LogP contribution is 2.38. The summed E-state index contributed by atoms with van der Waals surface area (Å²) < 4.78 is 5.65. The van der Waals surface area contributed by atoms with E-state index < -0.39 is 0 Å². The third kappa shape index (κ3) is 2.29. The van der Waals surface area contributed by atoms with Gasteiger partial charge in [-0.2, -0.15) is 0 Å². The fourth-order valence-electron chi connectivity index (χ4n) is 2.98. The first kappa shape index (κ1) is 13.4. The molecule has 1 atom stereocenters. The van der Waals surface area contributed by atoms with Gasteiger partial charge in [-0.05, 0) is 31.0 Å². The van der Waals surface area contributed by atoms with E-state index in [1.165, 1.54) is 0 Å². The maximum atomic E-state index is 12.5. The van der Waals surface area contributed by atoms with E-state index in [1.807, 2.05) is 18.2 Å². The van der Waals surface area contributed by atoms with Gasteiger partial charge in [0.25, 0.3) is 5.91 Å². The molecule has 4 nitrogen and oxygen atoms in total. The molecule has 1 aromatic rings. The maximum Gasteiger partial charge on any atom is 0.253 e. The minimum absolute atomic E-state index is 0.00856. The summed E-state index contributed by atoms with van der Waals surface area (Å²) in [5.41, 5.74) is 1.74. The van der Waals surface area contributed by atoms with Gasteiger partial charge in [-0.15, -0.1) is 0 Å².